The van der Waals surface area contributed by atoms with Crippen LogP contribution in [0.15, 0.2) is 181 Å². The van der Waals surface area contributed by atoms with E-state index >= 15 is 0 Å². The predicted octanol–water partition coefficient (Wildman–Crippen LogP) is 15.6. The van der Waals surface area contributed by atoms with Gasteiger partial charge < -0.3 is 9.88 Å². The van der Waals surface area contributed by atoms with Gasteiger partial charge >= 0.3 is 0 Å². The van der Waals surface area contributed by atoms with E-state index in [1.54, 1.807) is 0 Å². The van der Waals surface area contributed by atoms with Gasteiger partial charge in [-0.05, 0) is 136 Å². The van der Waals surface area contributed by atoms with Gasteiger partial charge in [0.2, 0.25) is 22.9 Å². The van der Waals surface area contributed by atoms with E-state index in [0.717, 1.165) is 146 Å². The van der Waals surface area contributed by atoms with Crippen molar-refractivity contribution in [3.63, 3.8) is 0 Å². The number of nitrogens with one attached hydrogen (secondary N) is 1. The average Bonchev–Trinajstić information content (AvgIpc) is 3.98. The Balaban J connectivity index is 0.00000286. The fourth-order valence-corrected chi connectivity index (χ4v) is 12.6. The van der Waals surface area contributed by atoms with Gasteiger partial charge in [-0.25, -0.2) is 0 Å². The Hall–Kier alpha value is -9.26. The number of fused-ring (bicyclic) bond motifs is 19. The first-order chi connectivity index (χ1) is 38.1. The zero-order valence-corrected chi connectivity index (χ0v) is 46.0. The number of hydrogen-bond donors (Lipinski definition) is 1. The van der Waals surface area contributed by atoms with E-state index in [0.29, 0.717) is 0 Å². The Morgan fingerprint density at radius 1 is 0.577 bits per heavy atom. The van der Waals surface area contributed by atoms with Crippen molar-refractivity contribution in [3.8, 4) is 67.3 Å². The number of aromatic nitrogens is 4. The van der Waals surface area contributed by atoms with Crippen LogP contribution in [-0.2, 0) is 20.5 Å². The summed E-state index contributed by atoms with van der Waals surface area (Å²) >= 11 is 0. The summed E-state index contributed by atoms with van der Waals surface area (Å²) in [5.74, 6) is 2.31. The second kappa shape index (κ2) is 18.8. The van der Waals surface area contributed by atoms with Crippen LogP contribution in [0.5, 0.6) is 0 Å². The minimum atomic E-state index is 0.758. The third-order valence-corrected chi connectivity index (χ3v) is 16.3. The number of hydrogen-bond acceptors (Lipinski definition) is 3. The Morgan fingerprint density at radius 2 is 1.08 bits per heavy atom. The lowest BCUT2D eigenvalue weighted by molar-refractivity contribution is -0.645. The number of allylic oxidation sites excluding steroid dienone is 1. The highest BCUT2D eigenvalue weighted by Crippen LogP contribution is 2.49. The van der Waals surface area contributed by atoms with Crippen molar-refractivity contribution >= 4 is 72.7 Å². The molecule has 78 heavy (non-hydrogen) atoms. The van der Waals surface area contributed by atoms with Crippen molar-refractivity contribution in [2.75, 3.05) is 7.05 Å². The molecule has 0 atom stereocenters. The summed E-state index contributed by atoms with van der Waals surface area (Å²) in [6.45, 7) is 18.0. The number of nitrogens with zero attached hydrogens (tertiary/aromatic N) is 5. The van der Waals surface area contributed by atoms with Crippen molar-refractivity contribution in [2.45, 2.75) is 48.0 Å². The number of aliphatic imine (C=N–C) groups is 1. The molecule has 0 aliphatic carbocycles. The molecule has 0 saturated carbocycles. The van der Waals surface area contributed by atoms with E-state index in [1.807, 2.05) is 20.9 Å². The summed E-state index contributed by atoms with van der Waals surface area (Å²) in [6, 6.07) is 63.4. The van der Waals surface area contributed by atoms with Gasteiger partial charge in [-0.15, -0.1) is 0 Å². The summed E-state index contributed by atoms with van der Waals surface area (Å²) in [7, 11) is 6.49. The number of benzene rings is 9. The molecule has 11 aromatic rings. The molecule has 6 nitrogen and oxygen atoms in total. The van der Waals surface area contributed by atoms with E-state index in [1.165, 1.54) is 32.8 Å². The summed E-state index contributed by atoms with van der Waals surface area (Å²) in [5, 5.41) is 13.6. The Bertz CT molecular complexity index is 4710. The van der Waals surface area contributed by atoms with Gasteiger partial charge in [-0.2, -0.15) is 8.81 Å². The van der Waals surface area contributed by atoms with Crippen LogP contribution in [0.2, 0.25) is 0 Å². The maximum atomic E-state index is 6.11. The van der Waals surface area contributed by atoms with E-state index in [2.05, 4.69) is 242 Å². The average molecular weight is 1010 g/mol. The lowest BCUT2D eigenvalue weighted by Gasteiger charge is -2.17. The molecule has 378 valence electrons. The first kappa shape index (κ1) is 48.4. The van der Waals surface area contributed by atoms with Gasteiger partial charge in [-0.1, -0.05) is 182 Å². The maximum absolute atomic E-state index is 6.11. The number of aryl methyl sites for hydroxylation is 4. The molecule has 0 fully saturated rings. The molecule has 0 spiro atoms. The molecule has 0 unspecified atom stereocenters. The molecule has 5 heterocycles. The Morgan fingerprint density at radius 3 is 1.62 bits per heavy atom. The molecule has 9 aromatic carbocycles. The summed E-state index contributed by atoms with van der Waals surface area (Å²) in [5.41, 5.74) is 20.7. The van der Waals surface area contributed by atoms with Crippen LogP contribution in [0, 0.1) is 19.7 Å². The standard InChI is InChI=1S/C70H55N6.C2H6/c1-9-17-46-38-60-59(32-43(46)10-2)70-73-68-58-39-52-23-16-14-21-50(52)36-56(58)66(75(68)8)63(45-30-26-41(4)27-31-45)65-55-35-49-20-13-12-19-48(49)34-54(55)64(74(65)7)62(44-28-24-40(3)25-29-44)61-42(5)76(70)69(60)72-67(71-6)57-37-51-22-15-11-18-47(51)33-53(57)61;1-2/h9,11-39H,5,10H2,1-4,6-8H3;1-2H3/q+1;/p+1/b17-9-,62-61?,72-69?;. The zero-order chi connectivity index (χ0) is 53.7. The first-order valence-corrected chi connectivity index (χ1v) is 27.5. The van der Waals surface area contributed by atoms with Crippen molar-refractivity contribution in [1.82, 2.24) is 14.9 Å². The lowest BCUT2D eigenvalue weighted by atomic mass is 9.86. The molecule has 3 aliphatic heterocycles. The third kappa shape index (κ3) is 7.30. The predicted molar refractivity (Wildman–Crippen MR) is 328 cm³/mol. The van der Waals surface area contributed by atoms with Crippen LogP contribution in [-0.4, -0.2) is 22.4 Å². The smallest absolute Gasteiger partial charge is 0.278 e. The molecule has 1 N–H and O–H groups in total. The number of rotatable bonds is 4. The largest absolute Gasteiger partial charge is 0.359 e. The van der Waals surface area contributed by atoms with E-state index in [9.17, 15) is 0 Å². The highest BCUT2D eigenvalue weighted by Gasteiger charge is 2.40. The quantitative estimate of drug-likeness (QED) is 0.179. The Labute approximate surface area is 456 Å². The minimum absolute atomic E-state index is 0.758. The van der Waals surface area contributed by atoms with E-state index in [4.69, 9.17) is 16.6 Å². The third-order valence-electron chi connectivity index (χ3n) is 16.3. The van der Waals surface area contributed by atoms with Crippen LogP contribution in [0.25, 0.3) is 134 Å². The van der Waals surface area contributed by atoms with Gasteiger partial charge in [0.15, 0.2) is 0 Å². The van der Waals surface area contributed by atoms with Crippen molar-refractivity contribution in [2.24, 2.45) is 19.1 Å². The Kier molecular flexibility index (Phi) is 11.7. The second-order valence-electron chi connectivity index (χ2n) is 20.8. The molecular formula is C72H62N6+2. The molecule has 0 saturated heterocycles. The normalized spacial score (nSPS) is 12.5. The van der Waals surface area contributed by atoms with Gasteiger partial charge in [0.05, 0.1) is 38.9 Å². The SMILES string of the molecule is C=c1c2c(-c3ccc(C)cc3)c3[n+](C)c(c(-c4ccc(C)cc4)c4c5cc6ccccc6cc5c(nc5[n+]1=C(N=C(NC)c1cc6ccccc6cc1-2)c1cc(/C=C\C)c(CC)cc1-5)n4C)-c1cc2ccccc2cc1-3.CC. The second-order valence-corrected chi connectivity index (χ2v) is 20.8. The zero-order valence-electron chi connectivity index (χ0n) is 46.0. The van der Waals surface area contributed by atoms with Gasteiger partial charge in [0.1, 0.15) is 12.4 Å². The first-order valence-electron chi connectivity index (χ1n) is 27.5. The minimum Gasteiger partial charge on any atom is -0.359 e. The molecule has 0 amide bonds. The molecule has 14 rings (SSSR count). The van der Waals surface area contributed by atoms with Gasteiger partial charge in [0, 0.05) is 36.0 Å². The van der Waals surface area contributed by atoms with Crippen LogP contribution in [0.1, 0.15) is 61.1 Å². The molecule has 6 heteroatoms. The lowest BCUT2D eigenvalue weighted by Crippen LogP contribution is -2.42. The highest BCUT2D eigenvalue weighted by molar-refractivity contribution is 6.18. The van der Waals surface area contributed by atoms with Crippen LogP contribution in [0.4, 0.5) is 0 Å². The monoisotopic (exact) mass is 1010 g/mol. The summed E-state index contributed by atoms with van der Waals surface area (Å²) in [6.07, 6.45) is 5.20. The van der Waals surface area contributed by atoms with Crippen LogP contribution < -0.4 is 19.5 Å². The van der Waals surface area contributed by atoms with E-state index in [-0.39, 0.29) is 0 Å². The fourth-order valence-electron chi connectivity index (χ4n) is 12.6. The highest BCUT2D eigenvalue weighted by atomic mass is 15.1. The molecular weight excluding hydrogens is 949 g/mol. The van der Waals surface area contributed by atoms with Crippen LogP contribution >= 0.6 is 0 Å². The van der Waals surface area contributed by atoms with Crippen LogP contribution in [0.3, 0.4) is 0 Å². The molecule has 3 aliphatic rings. The van der Waals surface area contributed by atoms with Crippen molar-refractivity contribution in [3.05, 3.63) is 220 Å². The van der Waals surface area contributed by atoms with Gasteiger partial charge in [-0.3, -0.25) is 0 Å². The number of amidine groups is 1. The summed E-state index contributed by atoms with van der Waals surface area (Å²) < 4.78 is 7.15. The van der Waals surface area contributed by atoms with Gasteiger partial charge in [0.25, 0.3) is 11.7 Å². The molecule has 0 radical (unpaired) electrons. The fraction of sp³-hybridized carbons (Fsp3) is 0.139. The molecule has 2 aromatic heterocycles. The maximum Gasteiger partial charge on any atom is 0.278 e. The topological polar surface area (TPSA) is 52.0 Å². The van der Waals surface area contributed by atoms with Crippen molar-refractivity contribution in [1.29, 1.82) is 0 Å². The van der Waals surface area contributed by atoms with E-state index < -0.39 is 0 Å². The summed E-state index contributed by atoms with van der Waals surface area (Å²) in [4.78, 5) is 11.9. The van der Waals surface area contributed by atoms with Crippen molar-refractivity contribution < 1.29 is 8.81 Å². The molecule has 6 bridgehead atoms.